The number of para-hydroxylation sites is 1. The first-order chi connectivity index (χ1) is 12.8. The van der Waals surface area contributed by atoms with Gasteiger partial charge in [0.1, 0.15) is 5.75 Å². The molecular formula is C19H15N5O2. The second kappa shape index (κ2) is 6.64. The predicted molar refractivity (Wildman–Crippen MR) is 97.2 cm³/mol. The van der Waals surface area contributed by atoms with Gasteiger partial charge in [-0.2, -0.15) is 9.50 Å². The third kappa shape index (κ3) is 2.86. The summed E-state index contributed by atoms with van der Waals surface area (Å²) >= 11 is 0. The van der Waals surface area contributed by atoms with E-state index in [9.17, 15) is 4.79 Å². The molecule has 1 amide bonds. The van der Waals surface area contributed by atoms with Crippen molar-refractivity contribution >= 4 is 17.6 Å². The Hall–Kier alpha value is -3.74. The normalized spacial score (nSPS) is 10.7. The molecule has 4 rings (SSSR count). The van der Waals surface area contributed by atoms with E-state index in [1.54, 1.807) is 35.0 Å². The van der Waals surface area contributed by atoms with Crippen molar-refractivity contribution in [1.29, 1.82) is 0 Å². The van der Waals surface area contributed by atoms with E-state index in [2.05, 4.69) is 20.4 Å². The van der Waals surface area contributed by atoms with Crippen LogP contribution in [0.4, 0.5) is 5.95 Å². The Morgan fingerprint density at radius 1 is 1.04 bits per heavy atom. The SMILES string of the molecule is COc1ccccc1C(=O)Nc1nc2nccc(-c3ccccc3)n2n1. The topological polar surface area (TPSA) is 81.4 Å². The van der Waals surface area contributed by atoms with Gasteiger partial charge < -0.3 is 4.74 Å². The summed E-state index contributed by atoms with van der Waals surface area (Å²) < 4.78 is 6.83. The number of ether oxygens (including phenoxy) is 1. The van der Waals surface area contributed by atoms with Gasteiger partial charge >= 0.3 is 0 Å². The second-order valence-electron chi connectivity index (χ2n) is 5.50. The number of methoxy groups -OCH3 is 1. The molecule has 0 fully saturated rings. The number of rotatable bonds is 4. The lowest BCUT2D eigenvalue weighted by molar-refractivity contribution is 0.102. The minimum absolute atomic E-state index is 0.178. The largest absolute Gasteiger partial charge is 0.496 e. The summed E-state index contributed by atoms with van der Waals surface area (Å²) in [5, 5.41) is 7.08. The van der Waals surface area contributed by atoms with Crippen LogP contribution in [0.15, 0.2) is 66.9 Å². The highest BCUT2D eigenvalue weighted by Crippen LogP contribution is 2.21. The van der Waals surface area contributed by atoms with Gasteiger partial charge in [-0.15, -0.1) is 5.10 Å². The molecule has 7 heteroatoms. The van der Waals surface area contributed by atoms with E-state index in [0.717, 1.165) is 11.3 Å². The molecule has 0 spiro atoms. The first kappa shape index (κ1) is 15.8. The van der Waals surface area contributed by atoms with Crippen molar-refractivity contribution in [3.63, 3.8) is 0 Å². The van der Waals surface area contributed by atoms with Gasteiger partial charge in [0, 0.05) is 11.8 Å². The van der Waals surface area contributed by atoms with Gasteiger partial charge in [-0.05, 0) is 18.2 Å². The molecule has 0 saturated carbocycles. The Labute approximate surface area is 149 Å². The van der Waals surface area contributed by atoms with E-state index in [1.165, 1.54) is 7.11 Å². The van der Waals surface area contributed by atoms with Gasteiger partial charge in [0.15, 0.2) is 0 Å². The van der Waals surface area contributed by atoms with Crippen LogP contribution in [0.25, 0.3) is 17.0 Å². The third-order valence-electron chi connectivity index (χ3n) is 3.89. The number of nitrogens with zero attached hydrogens (tertiary/aromatic N) is 4. The Balaban J connectivity index is 1.69. The summed E-state index contributed by atoms with van der Waals surface area (Å²) in [4.78, 5) is 21.0. The van der Waals surface area contributed by atoms with Crippen LogP contribution in [0.1, 0.15) is 10.4 Å². The van der Waals surface area contributed by atoms with E-state index in [0.29, 0.717) is 17.1 Å². The molecule has 0 aliphatic rings. The first-order valence-corrected chi connectivity index (χ1v) is 7.98. The molecule has 1 N–H and O–H groups in total. The zero-order valence-corrected chi connectivity index (χ0v) is 14.0. The Bertz CT molecular complexity index is 1080. The number of amides is 1. The maximum Gasteiger partial charge on any atom is 0.261 e. The Morgan fingerprint density at radius 2 is 1.81 bits per heavy atom. The number of benzene rings is 2. The van der Waals surface area contributed by atoms with Crippen molar-refractivity contribution in [3.8, 4) is 17.0 Å². The highest BCUT2D eigenvalue weighted by molar-refractivity contribution is 6.05. The van der Waals surface area contributed by atoms with Crippen molar-refractivity contribution in [3.05, 3.63) is 72.4 Å². The summed E-state index contributed by atoms with van der Waals surface area (Å²) in [6.07, 6.45) is 1.66. The van der Waals surface area contributed by atoms with Crippen LogP contribution in [-0.4, -0.2) is 32.6 Å². The molecule has 0 unspecified atom stereocenters. The second-order valence-corrected chi connectivity index (χ2v) is 5.50. The van der Waals surface area contributed by atoms with Crippen LogP contribution < -0.4 is 10.1 Å². The molecule has 26 heavy (non-hydrogen) atoms. The quantitative estimate of drug-likeness (QED) is 0.615. The molecule has 2 aromatic carbocycles. The van der Waals surface area contributed by atoms with Crippen molar-refractivity contribution in [1.82, 2.24) is 19.6 Å². The minimum Gasteiger partial charge on any atom is -0.496 e. The number of hydrogen-bond donors (Lipinski definition) is 1. The summed E-state index contributed by atoms with van der Waals surface area (Å²) in [5.41, 5.74) is 2.22. The summed E-state index contributed by atoms with van der Waals surface area (Å²) in [7, 11) is 1.52. The lowest BCUT2D eigenvalue weighted by Crippen LogP contribution is -2.14. The van der Waals surface area contributed by atoms with E-state index in [-0.39, 0.29) is 11.9 Å². The summed E-state index contributed by atoms with van der Waals surface area (Å²) in [5.74, 6) is 0.718. The first-order valence-electron chi connectivity index (χ1n) is 7.98. The van der Waals surface area contributed by atoms with Crippen LogP contribution >= 0.6 is 0 Å². The number of hydrogen-bond acceptors (Lipinski definition) is 5. The maximum absolute atomic E-state index is 12.5. The lowest BCUT2D eigenvalue weighted by Gasteiger charge is -2.06. The Kier molecular flexibility index (Phi) is 4.03. The molecule has 0 atom stereocenters. The molecule has 128 valence electrons. The summed E-state index contributed by atoms with van der Waals surface area (Å²) in [6, 6.07) is 18.6. The molecule has 0 bridgehead atoms. The van der Waals surface area contributed by atoms with E-state index in [4.69, 9.17) is 4.74 Å². The van der Waals surface area contributed by atoms with Gasteiger partial charge in [-0.1, -0.05) is 42.5 Å². The summed E-state index contributed by atoms with van der Waals surface area (Å²) in [6.45, 7) is 0. The predicted octanol–water partition coefficient (Wildman–Crippen LogP) is 3.05. The fourth-order valence-corrected chi connectivity index (χ4v) is 2.68. The molecule has 7 nitrogen and oxygen atoms in total. The molecule has 2 heterocycles. The van der Waals surface area contributed by atoms with Crippen LogP contribution in [0.5, 0.6) is 5.75 Å². The molecule has 0 aliphatic carbocycles. The van der Waals surface area contributed by atoms with Crippen molar-refractivity contribution in [2.75, 3.05) is 12.4 Å². The van der Waals surface area contributed by atoms with Crippen molar-refractivity contribution in [2.45, 2.75) is 0 Å². The van der Waals surface area contributed by atoms with Crippen LogP contribution in [0.2, 0.25) is 0 Å². The van der Waals surface area contributed by atoms with E-state index in [1.807, 2.05) is 36.4 Å². The van der Waals surface area contributed by atoms with Crippen LogP contribution in [-0.2, 0) is 0 Å². The van der Waals surface area contributed by atoms with Crippen LogP contribution in [0.3, 0.4) is 0 Å². The molecule has 0 saturated heterocycles. The fraction of sp³-hybridized carbons (Fsp3) is 0.0526. The highest BCUT2D eigenvalue weighted by atomic mass is 16.5. The van der Waals surface area contributed by atoms with Gasteiger partial charge in [0.25, 0.3) is 17.6 Å². The maximum atomic E-state index is 12.5. The van der Waals surface area contributed by atoms with Crippen LogP contribution in [0, 0.1) is 0 Å². The zero-order chi connectivity index (χ0) is 17.9. The van der Waals surface area contributed by atoms with Gasteiger partial charge in [-0.3, -0.25) is 10.1 Å². The van der Waals surface area contributed by atoms with Gasteiger partial charge in [0.2, 0.25) is 0 Å². The average molecular weight is 345 g/mol. The fourth-order valence-electron chi connectivity index (χ4n) is 2.68. The van der Waals surface area contributed by atoms with Crippen molar-refractivity contribution < 1.29 is 9.53 Å². The lowest BCUT2D eigenvalue weighted by atomic mass is 10.1. The number of carbonyl (C=O) groups is 1. The number of nitrogens with one attached hydrogen (secondary N) is 1. The average Bonchev–Trinajstić information content (AvgIpc) is 3.10. The molecular weight excluding hydrogens is 330 g/mol. The zero-order valence-electron chi connectivity index (χ0n) is 14.0. The molecule has 2 aromatic heterocycles. The molecule has 4 aromatic rings. The molecule has 0 radical (unpaired) electrons. The standard InChI is InChI=1S/C19H15N5O2/c1-26-16-10-6-5-9-14(16)17(25)21-18-22-19-20-12-11-15(24(19)23-18)13-7-3-2-4-8-13/h2-12H,1H3,(H,21,23,25). The third-order valence-corrected chi connectivity index (χ3v) is 3.89. The highest BCUT2D eigenvalue weighted by Gasteiger charge is 2.15. The van der Waals surface area contributed by atoms with Gasteiger partial charge in [-0.25, -0.2) is 4.98 Å². The van der Waals surface area contributed by atoms with E-state index >= 15 is 0 Å². The number of anilines is 1. The van der Waals surface area contributed by atoms with E-state index < -0.39 is 0 Å². The number of carbonyl (C=O) groups excluding carboxylic acids is 1. The number of fused-ring (bicyclic) bond motifs is 1. The monoisotopic (exact) mass is 345 g/mol. The van der Waals surface area contributed by atoms with Gasteiger partial charge in [0.05, 0.1) is 18.4 Å². The Morgan fingerprint density at radius 3 is 2.62 bits per heavy atom. The smallest absolute Gasteiger partial charge is 0.261 e. The number of aromatic nitrogens is 4. The molecule has 0 aliphatic heterocycles. The minimum atomic E-state index is -0.348. The van der Waals surface area contributed by atoms with Crippen molar-refractivity contribution in [2.24, 2.45) is 0 Å².